The fraction of sp³-hybridized carbons (Fsp3) is 0.407. The largest absolute Gasteiger partial charge is 0.391 e. The number of halogens is 1. The number of aryl methyl sites for hydroxylation is 2. The number of carbonyl (C=O) groups excluding carboxylic acids is 4. The highest BCUT2D eigenvalue weighted by atomic mass is 19.1. The smallest absolute Gasteiger partial charge is 0.274 e. The molecule has 14 heteroatoms. The normalized spacial score (nSPS) is 12.8. The molecule has 1 aromatic heterocycles. The number of ether oxygens (including phenoxy) is 1. The summed E-state index contributed by atoms with van der Waals surface area (Å²) in [6, 6.07) is 4.69. The van der Waals surface area contributed by atoms with Gasteiger partial charge in [-0.15, -0.1) is 0 Å². The van der Waals surface area contributed by atoms with Gasteiger partial charge in [0.15, 0.2) is 5.69 Å². The number of aliphatic hydroxyl groups excluding tert-OH is 1. The van der Waals surface area contributed by atoms with Crippen LogP contribution < -0.4 is 16.0 Å². The van der Waals surface area contributed by atoms with Crippen molar-refractivity contribution in [2.45, 2.75) is 45.5 Å². The molecule has 3 atom stereocenters. The van der Waals surface area contributed by atoms with Crippen molar-refractivity contribution in [3.05, 3.63) is 64.8 Å². The van der Waals surface area contributed by atoms with Crippen molar-refractivity contribution in [1.82, 2.24) is 26.0 Å². The number of likely N-dealkylation sites (N-methyl/N-ethyl adjacent to an activating group) is 1. The van der Waals surface area contributed by atoms with Crippen molar-refractivity contribution in [3.8, 4) is 6.07 Å². The van der Waals surface area contributed by atoms with Crippen LogP contribution in [0.15, 0.2) is 40.9 Å². The molecular weight excluding hydrogens is 539 g/mol. The number of hydrogen-bond acceptors (Lipinski definition) is 9. The number of amides is 4. The maximum Gasteiger partial charge on any atom is 0.274 e. The molecule has 1 heterocycles. The van der Waals surface area contributed by atoms with E-state index in [1.54, 1.807) is 26.0 Å². The molecule has 0 saturated heterocycles. The third kappa shape index (κ3) is 9.82. The van der Waals surface area contributed by atoms with Crippen molar-refractivity contribution < 1.29 is 37.9 Å². The molecule has 0 radical (unpaired) electrons. The van der Waals surface area contributed by atoms with Gasteiger partial charge in [-0.2, -0.15) is 5.26 Å². The monoisotopic (exact) mass is 572 g/mol. The minimum absolute atomic E-state index is 0.0415. The van der Waals surface area contributed by atoms with Crippen molar-refractivity contribution in [3.63, 3.8) is 0 Å². The first-order chi connectivity index (χ1) is 19.3. The number of rotatable bonds is 14. The first-order valence-electron chi connectivity index (χ1n) is 12.5. The molecule has 0 saturated carbocycles. The van der Waals surface area contributed by atoms with Crippen LogP contribution in [0.4, 0.5) is 4.39 Å². The highest BCUT2D eigenvalue weighted by molar-refractivity contribution is 5.97. The Morgan fingerprint density at radius 1 is 1.22 bits per heavy atom. The molecule has 0 bridgehead atoms. The molecule has 0 fully saturated rings. The molecule has 220 valence electrons. The highest BCUT2D eigenvalue weighted by Crippen LogP contribution is 2.10. The van der Waals surface area contributed by atoms with Crippen LogP contribution >= 0.6 is 0 Å². The number of aliphatic hydroxyl groups is 1. The number of benzene rings is 1. The van der Waals surface area contributed by atoms with Gasteiger partial charge in [0.1, 0.15) is 35.3 Å². The van der Waals surface area contributed by atoms with Gasteiger partial charge in [0.2, 0.25) is 11.8 Å². The number of nitrogens with zero attached hydrogens (tertiary/aromatic N) is 3. The molecular formula is C27H33FN6O7. The fourth-order valence-corrected chi connectivity index (χ4v) is 3.42. The van der Waals surface area contributed by atoms with E-state index in [2.05, 4.69) is 27.7 Å². The van der Waals surface area contributed by atoms with Crippen molar-refractivity contribution in [1.29, 1.82) is 5.26 Å². The van der Waals surface area contributed by atoms with E-state index in [1.807, 2.05) is 0 Å². The zero-order valence-corrected chi connectivity index (χ0v) is 23.2. The molecule has 0 spiro atoms. The quantitative estimate of drug-likeness (QED) is 0.140. The molecule has 4 amide bonds. The van der Waals surface area contributed by atoms with E-state index in [0.717, 1.165) is 0 Å². The van der Waals surface area contributed by atoms with Gasteiger partial charge in [-0.05, 0) is 32.4 Å². The first-order valence-corrected chi connectivity index (χ1v) is 12.5. The number of carbonyl (C=O) groups is 4. The van der Waals surface area contributed by atoms with Gasteiger partial charge in [-0.1, -0.05) is 23.9 Å². The average Bonchev–Trinajstić information content (AvgIpc) is 3.37. The zero-order chi connectivity index (χ0) is 30.7. The van der Waals surface area contributed by atoms with E-state index in [9.17, 15) is 28.7 Å². The fourth-order valence-electron chi connectivity index (χ4n) is 3.42. The summed E-state index contributed by atoms with van der Waals surface area (Å²) in [6.45, 7) is 7.32. The van der Waals surface area contributed by atoms with Gasteiger partial charge < -0.3 is 35.2 Å². The van der Waals surface area contributed by atoms with Crippen molar-refractivity contribution in [2.24, 2.45) is 0 Å². The zero-order valence-electron chi connectivity index (χ0n) is 23.2. The highest BCUT2D eigenvalue weighted by Gasteiger charge is 2.31. The lowest BCUT2D eigenvalue weighted by atomic mass is 10.1. The molecule has 2 aromatic rings. The summed E-state index contributed by atoms with van der Waals surface area (Å²) >= 11 is 0. The molecule has 4 N–H and O–H groups in total. The van der Waals surface area contributed by atoms with Crippen LogP contribution in [-0.2, 0) is 25.7 Å². The van der Waals surface area contributed by atoms with E-state index in [0.29, 0.717) is 11.3 Å². The van der Waals surface area contributed by atoms with E-state index < -0.39 is 47.6 Å². The van der Waals surface area contributed by atoms with E-state index in [-0.39, 0.29) is 43.1 Å². The summed E-state index contributed by atoms with van der Waals surface area (Å²) in [4.78, 5) is 51.7. The van der Waals surface area contributed by atoms with Crippen LogP contribution in [0, 0.1) is 31.0 Å². The second-order valence-electron chi connectivity index (χ2n) is 9.28. The van der Waals surface area contributed by atoms with E-state index in [1.165, 1.54) is 37.1 Å². The van der Waals surface area contributed by atoms with Crippen LogP contribution in [0.5, 0.6) is 0 Å². The molecule has 0 aliphatic carbocycles. The van der Waals surface area contributed by atoms with Crippen LogP contribution in [-0.4, -0.2) is 83.8 Å². The van der Waals surface area contributed by atoms with Gasteiger partial charge in [0, 0.05) is 31.8 Å². The lowest BCUT2D eigenvalue weighted by Gasteiger charge is -2.25. The number of hydrogen-bond donors (Lipinski definition) is 4. The van der Waals surface area contributed by atoms with Crippen molar-refractivity contribution >= 4 is 23.6 Å². The van der Waals surface area contributed by atoms with E-state index in [4.69, 9.17) is 14.5 Å². The Morgan fingerprint density at radius 2 is 1.93 bits per heavy atom. The molecule has 0 aliphatic heterocycles. The topological polar surface area (TPSA) is 187 Å². The summed E-state index contributed by atoms with van der Waals surface area (Å²) < 4.78 is 24.6. The maximum absolute atomic E-state index is 14.3. The predicted octanol–water partition coefficient (Wildman–Crippen LogP) is 0.266. The summed E-state index contributed by atoms with van der Waals surface area (Å²) in [7, 11) is 1.43. The Morgan fingerprint density at radius 3 is 2.51 bits per heavy atom. The molecule has 1 aromatic carbocycles. The third-order valence-corrected chi connectivity index (χ3v) is 5.80. The summed E-state index contributed by atoms with van der Waals surface area (Å²) in [5.41, 5.74) is 0.540. The Hall–Kier alpha value is -4.61. The van der Waals surface area contributed by atoms with Crippen LogP contribution in [0.3, 0.4) is 0 Å². The molecule has 13 nitrogen and oxygen atoms in total. The Bertz CT molecular complexity index is 1320. The second kappa shape index (κ2) is 15.2. The van der Waals surface area contributed by atoms with Crippen molar-refractivity contribution in [2.75, 3.05) is 26.8 Å². The van der Waals surface area contributed by atoms with Gasteiger partial charge in [0.05, 0.1) is 19.3 Å². The Labute approximate surface area is 236 Å². The van der Waals surface area contributed by atoms with Crippen LogP contribution in [0.25, 0.3) is 0 Å². The Balaban J connectivity index is 2.11. The van der Waals surface area contributed by atoms with Gasteiger partial charge in [-0.3, -0.25) is 19.2 Å². The number of nitrogens with one attached hydrogen (secondary N) is 3. The molecule has 0 aliphatic rings. The number of nitriles is 1. The van der Waals surface area contributed by atoms with Gasteiger partial charge in [0.25, 0.3) is 11.8 Å². The SMILES string of the molecule is C=C(C#N)C(=O)N(C)CCOC[C@H](NC(=O)[C@@H](NC(=O)c1cc(C)on1)[C@@H](C)O)C(=O)NCc1ccc(C)cc1F. The van der Waals surface area contributed by atoms with Gasteiger partial charge >= 0.3 is 0 Å². The van der Waals surface area contributed by atoms with Crippen LogP contribution in [0.1, 0.15) is 34.3 Å². The lowest BCUT2D eigenvalue weighted by molar-refractivity contribution is -0.133. The summed E-state index contributed by atoms with van der Waals surface area (Å²) in [5.74, 6) is -3.19. The summed E-state index contributed by atoms with van der Waals surface area (Å²) in [6.07, 6.45) is -1.37. The van der Waals surface area contributed by atoms with Gasteiger partial charge in [-0.25, -0.2) is 4.39 Å². The molecule has 41 heavy (non-hydrogen) atoms. The van der Waals surface area contributed by atoms with Crippen LogP contribution in [0.2, 0.25) is 0 Å². The average molecular weight is 573 g/mol. The summed E-state index contributed by atoms with van der Waals surface area (Å²) in [5, 5.41) is 29.9. The third-order valence-electron chi connectivity index (χ3n) is 5.80. The standard InChI is InChI=1S/C27H33FN6O7/c1-15-6-7-19(20(28)10-15)13-30-24(36)22(14-40-9-8-34(5)27(39)16(2)12-29)31-26(38)23(18(4)35)32-25(37)21-11-17(3)41-33-21/h6-7,10-11,18,22-23,35H,2,8-9,13-14H2,1,3-5H3,(H,30,36)(H,31,38)(H,32,37)/t18-,22+,23+/m1/s1. The first kappa shape index (κ1) is 32.6. The Kier molecular flexibility index (Phi) is 12.1. The molecule has 2 rings (SSSR count). The van der Waals surface area contributed by atoms with E-state index >= 15 is 0 Å². The predicted molar refractivity (Wildman–Crippen MR) is 142 cm³/mol. The minimum Gasteiger partial charge on any atom is -0.391 e. The maximum atomic E-state index is 14.3. The number of aromatic nitrogens is 1. The second-order valence-corrected chi connectivity index (χ2v) is 9.28. The molecule has 0 unspecified atom stereocenters. The minimum atomic E-state index is -1.48. The lowest BCUT2D eigenvalue weighted by Crippen LogP contribution is -2.58.